The summed E-state index contributed by atoms with van der Waals surface area (Å²) in [5, 5.41) is 0. The average molecular weight is 527 g/mol. The molecule has 0 saturated carbocycles. The molecular formula is C18H18BrF2O5PS2. The predicted molar refractivity (Wildman–Crippen MR) is 115 cm³/mol. The summed E-state index contributed by atoms with van der Waals surface area (Å²) in [6.07, 6.45) is 4.80. The van der Waals surface area contributed by atoms with E-state index in [0.717, 1.165) is 17.9 Å². The fourth-order valence-electron chi connectivity index (χ4n) is 2.33. The Morgan fingerprint density at radius 3 is 2.48 bits per heavy atom. The van der Waals surface area contributed by atoms with Crippen LogP contribution in [0.2, 0.25) is 0 Å². The Morgan fingerprint density at radius 1 is 1.21 bits per heavy atom. The van der Waals surface area contributed by atoms with E-state index in [1.807, 2.05) is 6.08 Å². The Labute approximate surface area is 180 Å². The van der Waals surface area contributed by atoms with Crippen LogP contribution in [0.25, 0.3) is 6.08 Å². The topological polar surface area (TPSA) is 91.7 Å². The molecule has 2 aromatic carbocycles. The Morgan fingerprint density at radius 2 is 1.90 bits per heavy atom. The number of sulfone groups is 1. The fourth-order valence-corrected chi connectivity index (χ4v) is 5.11. The van der Waals surface area contributed by atoms with Crippen molar-refractivity contribution >= 4 is 51.2 Å². The van der Waals surface area contributed by atoms with Gasteiger partial charge in [0.05, 0.1) is 4.90 Å². The third-order valence-electron chi connectivity index (χ3n) is 3.80. The number of halogens is 3. The molecule has 0 saturated heterocycles. The van der Waals surface area contributed by atoms with E-state index in [-0.39, 0.29) is 9.37 Å². The van der Waals surface area contributed by atoms with Crippen molar-refractivity contribution in [3.05, 3.63) is 69.7 Å². The van der Waals surface area contributed by atoms with Crippen LogP contribution in [0.5, 0.6) is 0 Å². The predicted octanol–water partition coefficient (Wildman–Crippen LogP) is 5.03. The minimum absolute atomic E-state index is 0.0722. The van der Waals surface area contributed by atoms with Crippen LogP contribution in [0, 0.1) is 0 Å². The highest BCUT2D eigenvalue weighted by Crippen LogP contribution is 2.60. The zero-order valence-electron chi connectivity index (χ0n) is 15.1. The van der Waals surface area contributed by atoms with Crippen molar-refractivity contribution in [3.8, 4) is 0 Å². The Kier molecular flexibility index (Phi) is 7.86. The van der Waals surface area contributed by atoms with E-state index in [4.69, 9.17) is 9.79 Å². The van der Waals surface area contributed by atoms with Crippen LogP contribution in [-0.4, -0.2) is 30.2 Å². The molecule has 0 aromatic heterocycles. The van der Waals surface area contributed by atoms with Crippen LogP contribution in [0.4, 0.5) is 8.78 Å². The molecule has 29 heavy (non-hydrogen) atoms. The first kappa shape index (κ1) is 24.2. The maximum atomic E-state index is 13.8. The number of rotatable bonds is 8. The van der Waals surface area contributed by atoms with Gasteiger partial charge in [-0.05, 0) is 29.3 Å². The second-order valence-electron chi connectivity index (χ2n) is 6.16. The van der Waals surface area contributed by atoms with Gasteiger partial charge >= 0.3 is 13.3 Å². The van der Waals surface area contributed by atoms with Gasteiger partial charge in [0.15, 0.2) is 9.84 Å². The molecule has 5 nitrogen and oxygen atoms in total. The molecule has 0 radical (unpaired) electrons. The summed E-state index contributed by atoms with van der Waals surface area (Å²) in [4.78, 5) is 17.9. The highest BCUT2D eigenvalue weighted by molar-refractivity contribution is 9.10. The van der Waals surface area contributed by atoms with E-state index < -0.39 is 28.7 Å². The quantitative estimate of drug-likeness (QED) is 0.370. The van der Waals surface area contributed by atoms with E-state index in [2.05, 4.69) is 15.9 Å². The van der Waals surface area contributed by atoms with E-state index >= 15 is 0 Å². The lowest BCUT2D eigenvalue weighted by molar-refractivity contribution is 0.0557. The number of thioether (sulfide) groups is 1. The number of benzene rings is 2. The molecule has 11 heteroatoms. The lowest BCUT2D eigenvalue weighted by atomic mass is 10.1. The second-order valence-corrected chi connectivity index (χ2v) is 11.7. The van der Waals surface area contributed by atoms with Crippen LogP contribution in [0.1, 0.15) is 16.7 Å². The van der Waals surface area contributed by atoms with Gasteiger partial charge in [-0.1, -0.05) is 52.3 Å². The fraction of sp³-hybridized carbons (Fsp3) is 0.222. The molecule has 0 aliphatic rings. The third-order valence-corrected chi connectivity index (χ3v) is 7.51. The standard InChI is InChI=1S/C18H18BrF2O5PS2/c1-29(25,26)15-6-2-4-13(10-15)5-3-9-28-12-14-7-8-16(17(19)11-14)18(20,21)27(22,23)24/h2-8,10-11H,9,12H2,1H3,(H2,22,23,24). The summed E-state index contributed by atoms with van der Waals surface area (Å²) in [6.45, 7) is 0. The zero-order chi connectivity index (χ0) is 21.9. The number of hydrogen-bond acceptors (Lipinski definition) is 4. The molecule has 0 amide bonds. The molecule has 0 fully saturated rings. The lowest BCUT2D eigenvalue weighted by Gasteiger charge is -2.19. The van der Waals surface area contributed by atoms with Gasteiger partial charge in [-0.3, -0.25) is 4.57 Å². The first-order valence-electron chi connectivity index (χ1n) is 8.09. The van der Waals surface area contributed by atoms with Crippen molar-refractivity contribution in [3.63, 3.8) is 0 Å². The van der Waals surface area contributed by atoms with Gasteiger partial charge in [0, 0.05) is 27.8 Å². The zero-order valence-corrected chi connectivity index (χ0v) is 19.2. The average Bonchev–Trinajstić information content (AvgIpc) is 2.60. The van der Waals surface area contributed by atoms with Gasteiger partial charge in [0.2, 0.25) is 0 Å². The first-order valence-corrected chi connectivity index (χ1v) is 13.5. The number of alkyl halides is 2. The molecule has 158 valence electrons. The molecule has 0 bridgehead atoms. The van der Waals surface area contributed by atoms with Crippen LogP contribution in [0.15, 0.2) is 57.9 Å². The van der Waals surface area contributed by atoms with Crippen LogP contribution < -0.4 is 0 Å². The molecule has 0 atom stereocenters. The van der Waals surface area contributed by atoms with E-state index in [1.54, 1.807) is 24.3 Å². The molecule has 2 aromatic rings. The van der Waals surface area contributed by atoms with Crippen molar-refractivity contribution < 1.29 is 31.6 Å². The van der Waals surface area contributed by atoms with E-state index in [1.165, 1.54) is 30.0 Å². The van der Waals surface area contributed by atoms with Crippen molar-refractivity contribution in [1.82, 2.24) is 0 Å². The molecule has 0 aliphatic carbocycles. The van der Waals surface area contributed by atoms with E-state index in [0.29, 0.717) is 17.1 Å². The molecule has 2 N–H and O–H groups in total. The van der Waals surface area contributed by atoms with Gasteiger partial charge in [0.25, 0.3) is 0 Å². The highest BCUT2D eigenvalue weighted by atomic mass is 79.9. The van der Waals surface area contributed by atoms with Crippen LogP contribution in [0.3, 0.4) is 0 Å². The summed E-state index contributed by atoms with van der Waals surface area (Å²) >= 11 is 4.45. The normalized spacial score (nSPS) is 13.2. The van der Waals surface area contributed by atoms with Crippen molar-refractivity contribution in [2.45, 2.75) is 16.3 Å². The second kappa shape index (κ2) is 9.41. The van der Waals surface area contributed by atoms with Crippen molar-refractivity contribution in [2.24, 2.45) is 0 Å². The maximum absolute atomic E-state index is 13.8. The van der Waals surface area contributed by atoms with Gasteiger partial charge < -0.3 is 9.79 Å². The Bertz CT molecular complexity index is 1070. The highest BCUT2D eigenvalue weighted by Gasteiger charge is 2.51. The summed E-state index contributed by atoms with van der Waals surface area (Å²) in [5.41, 5.74) is -3.56. The minimum Gasteiger partial charge on any atom is -0.320 e. The SMILES string of the molecule is CS(=O)(=O)c1cccc(C=CCSCc2ccc(C(F)(F)P(=O)(O)O)c(Br)c2)c1. The molecule has 0 aliphatic heterocycles. The van der Waals surface area contributed by atoms with Gasteiger partial charge in [-0.2, -0.15) is 20.5 Å². The lowest BCUT2D eigenvalue weighted by Crippen LogP contribution is -2.14. The molecule has 0 unspecified atom stereocenters. The molecule has 2 rings (SSSR count). The third kappa shape index (κ3) is 6.47. The van der Waals surface area contributed by atoms with Crippen LogP contribution >= 0.6 is 35.3 Å². The van der Waals surface area contributed by atoms with Gasteiger partial charge in [0.1, 0.15) is 0 Å². The van der Waals surface area contributed by atoms with Gasteiger partial charge in [-0.25, -0.2) is 8.42 Å². The minimum atomic E-state index is -5.62. The Balaban J connectivity index is 1.97. The van der Waals surface area contributed by atoms with E-state index in [9.17, 15) is 21.8 Å². The molecular weight excluding hydrogens is 509 g/mol. The molecule has 0 spiro atoms. The van der Waals surface area contributed by atoms with Crippen molar-refractivity contribution in [2.75, 3.05) is 12.0 Å². The van der Waals surface area contributed by atoms with Crippen LogP contribution in [-0.2, 0) is 25.8 Å². The monoisotopic (exact) mass is 526 g/mol. The first-order chi connectivity index (χ1) is 13.3. The smallest absolute Gasteiger partial charge is 0.320 e. The summed E-state index contributed by atoms with van der Waals surface area (Å²) in [7, 11) is -8.89. The van der Waals surface area contributed by atoms with Crippen molar-refractivity contribution in [1.29, 1.82) is 0 Å². The summed E-state index contributed by atoms with van der Waals surface area (Å²) < 4.78 is 61.7. The van der Waals surface area contributed by atoms with Gasteiger partial charge in [-0.15, -0.1) is 0 Å². The summed E-state index contributed by atoms with van der Waals surface area (Å²) in [5.74, 6) is 1.09. The largest absolute Gasteiger partial charge is 0.399 e. The maximum Gasteiger partial charge on any atom is 0.399 e. The Hall–Kier alpha value is -1.03. The number of hydrogen-bond donors (Lipinski definition) is 2. The molecule has 0 heterocycles. The summed E-state index contributed by atoms with van der Waals surface area (Å²) in [6, 6.07) is 10.4.